The molecule has 0 radical (unpaired) electrons. The Morgan fingerprint density at radius 2 is 0.903 bits per heavy atom. The first-order valence-corrected chi connectivity index (χ1v) is 19.8. The first-order chi connectivity index (χ1) is 28.3. The van der Waals surface area contributed by atoms with Crippen LogP contribution in [0.4, 0.5) is 34.1 Å². The van der Waals surface area contributed by atoms with Crippen LogP contribution >= 0.6 is 0 Å². The normalized spacial score (nSPS) is 12.5. The van der Waals surface area contributed by atoms with Crippen molar-refractivity contribution in [2.24, 2.45) is 20.5 Å². The Bertz CT molecular complexity index is 2990. The Kier molecular flexibility index (Phi) is 14.0. The molecule has 0 unspecified atom stereocenters. The summed E-state index contributed by atoms with van der Waals surface area (Å²) in [4.78, 5) is 48.1. The summed E-state index contributed by atoms with van der Waals surface area (Å²) >= 11 is 0. The van der Waals surface area contributed by atoms with E-state index < -0.39 is 78.1 Å². The number of carbonyl (C=O) groups is 4. The molecule has 6 aromatic rings. The Morgan fingerprint density at radius 3 is 1.24 bits per heavy atom. The van der Waals surface area contributed by atoms with Crippen LogP contribution in [0.3, 0.4) is 0 Å². The minimum absolute atomic E-state index is 0. The predicted molar refractivity (Wildman–Crippen MR) is 208 cm³/mol. The van der Waals surface area contributed by atoms with Gasteiger partial charge in [-0.15, -0.1) is 10.2 Å². The van der Waals surface area contributed by atoms with Gasteiger partial charge in [0.15, 0.2) is 11.6 Å². The molecule has 6 N–H and O–H groups in total. The molecule has 7 rings (SSSR count). The maximum Gasteiger partial charge on any atom is 1.00 e. The molecule has 1 aliphatic carbocycles. The van der Waals surface area contributed by atoms with E-state index in [0.717, 1.165) is 12.1 Å². The number of hydrogen-bond donors (Lipinski definition) is 6. The zero-order chi connectivity index (χ0) is 43.3. The van der Waals surface area contributed by atoms with Crippen LogP contribution in [-0.2, 0) is 29.8 Å². The molecule has 0 spiro atoms. The van der Waals surface area contributed by atoms with E-state index in [1.807, 2.05) is 0 Å². The van der Waals surface area contributed by atoms with E-state index in [9.17, 15) is 55.3 Å². The maximum atomic E-state index is 13.7. The molecular weight excluding hydrogens is 875 g/mol. The molecule has 0 saturated carbocycles. The van der Waals surface area contributed by atoms with Gasteiger partial charge in [0, 0.05) is 55.2 Å². The number of fused-ring (bicyclic) bond motifs is 4. The predicted octanol–water partition coefficient (Wildman–Crippen LogP) is -0.180. The van der Waals surface area contributed by atoms with Gasteiger partial charge < -0.3 is 40.2 Å². The van der Waals surface area contributed by atoms with E-state index in [1.165, 1.54) is 60.7 Å². The summed E-state index contributed by atoms with van der Waals surface area (Å²) in [5.41, 5.74) is 0.106. The van der Waals surface area contributed by atoms with E-state index in [-0.39, 0.29) is 137 Å². The second-order valence-corrected chi connectivity index (χ2v) is 15.7. The number of hydrogen-bond acceptors (Lipinski definition) is 18. The average molecular weight is 899 g/mol. The summed E-state index contributed by atoms with van der Waals surface area (Å²) in [6.45, 7) is -1.13. The molecule has 0 aliphatic heterocycles. The van der Waals surface area contributed by atoms with Gasteiger partial charge in [0.25, 0.3) is 0 Å². The zero-order valence-corrected chi connectivity index (χ0v) is 37.6. The first-order valence-electron chi connectivity index (χ1n) is 16.9. The van der Waals surface area contributed by atoms with Crippen LogP contribution < -0.4 is 69.7 Å². The smallest absolute Gasteiger partial charge is 0.744 e. The van der Waals surface area contributed by atoms with Gasteiger partial charge in [-0.2, -0.15) is 10.2 Å². The number of rotatable bonds is 12. The van der Waals surface area contributed by atoms with Crippen LogP contribution in [0.5, 0.6) is 11.5 Å². The van der Waals surface area contributed by atoms with Crippen LogP contribution in [0.2, 0.25) is 0 Å². The molecule has 304 valence electrons. The molecule has 1 aliphatic rings. The van der Waals surface area contributed by atoms with Crippen LogP contribution in [0.1, 0.15) is 31.8 Å². The number of phenolic OH excluding ortho intramolecular Hbond substituents is 2. The summed E-state index contributed by atoms with van der Waals surface area (Å²) in [6, 6.07) is 16.6. The fourth-order valence-electron chi connectivity index (χ4n) is 6.42. The molecule has 0 saturated heterocycles. The third-order valence-corrected chi connectivity index (χ3v) is 10.7. The molecule has 0 atom stereocenters. The molecule has 20 nitrogen and oxygen atoms in total. The van der Waals surface area contributed by atoms with Crippen molar-refractivity contribution in [3.63, 3.8) is 0 Å². The van der Waals surface area contributed by atoms with Crippen molar-refractivity contribution in [2.75, 3.05) is 23.7 Å². The summed E-state index contributed by atoms with van der Waals surface area (Å²) in [6.07, 6.45) is 0. The van der Waals surface area contributed by atoms with Crippen molar-refractivity contribution in [1.82, 2.24) is 0 Å². The fourth-order valence-corrected chi connectivity index (χ4v) is 7.45. The third kappa shape index (κ3) is 9.69. The number of nitrogens with zero attached hydrogens (tertiary/aromatic N) is 4. The number of aliphatic carboxylic acids is 2. The molecule has 0 amide bonds. The van der Waals surface area contributed by atoms with Crippen LogP contribution in [-0.4, -0.2) is 83.0 Å². The number of azo groups is 2. The molecule has 62 heavy (non-hydrogen) atoms. The minimum Gasteiger partial charge on any atom is -0.744 e. The van der Waals surface area contributed by atoms with Gasteiger partial charge >= 0.3 is 71.1 Å². The Balaban J connectivity index is 0.00000363. The van der Waals surface area contributed by atoms with Gasteiger partial charge in [0.1, 0.15) is 44.8 Å². The fraction of sp³-hybridized carbons (Fsp3) is 0.0526. The Hall–Kier alpha value is -5.66. The number of ketones is 2. The Morgan fingerprint density at radius 1 is 0.532 bits per heavy atom. The van der Waals surface area contributed by atoms with Crippen molar-refractivity contribution in [1.29, 1.82) is 0 Å². The van der Waals surface area contributed by atoms with Crippen LogP contribution in [0, 0.1) is 0 Å². The molecule has 0 bridgehead atoms. The molecule has 0 heterocycles. The quantitative estimate of drug-likeness (QED) is 0.0526. The second-order valence-electron chi connectivity index (χ2n) is 12.9. The van der Waals surface area contributed by atoms with Crippen LogP contribution in [0.25, 0.3) is 21.5 Å². The van der Waals surface area contributed by atoms with Gasteiger partial charge in [-0.05, 0) is 84.9 Å². The monoisotopic (exact) mass is 898 g/mol. The molecular formula is C38H24N6Na2O14S2. The van der Waals surface area contributed by atoms with Gasteiger partial charge in [-0.3, -0.25) is 19.2 Å². The number of aromatic hydroxyl groups is 2. The van der Waals surface area contributed by atoms with Crippen molar-refractivity contribution in [2.45, 2.75) is 9.79 Å². The molecule has 0 fully saturated rings. The van der Waals surface area contributed by atoms with E-state index in [1.54, 1.807) is 0 Å². The summed E-state index contributed by atoms with van der Waals surface area (Å²) in [5, 5.41) is 60.9. The minimum atomic E-state index is -5.06. The maximum absolute atomic E-state index is 13.7. The van der Waals surface area contributed by atoms with Gasteiger partial charge in [-0.1, -0.05) is 0 Å². The van der Waals surface area contributed by atoms with Crippen LogP contribution in [0.15, 0.2) is 115 Å². The third-order valence-electron chi connectivity index (χ3n) is 9.06. The van der Waals surface area contributed by atoms with E-state index in [2.05, 4.69) is 31.1 Å². The number of nitrogens with one attached hydrogen (secondary N) is 2. The number of carboxylic acid groups (broad SMARTS) is 2. The van der Waals surface area contributed by atoms with E-state index in [4.69, 9.17) is 10.2 Å². The average Bonchev–Trinajstić information content (AvgIpc) is 3.18. The van der Waals surface area contributed by atoms with Gasteiger partial charge in [0.05, 0.1) is 32.5 Å². The summed E-state index contributed by atoms with van der Waals surface area (Å²) < 4.78 is 70.9. The van der Waals surface area contributed by atoms with Crippen molar-refractivity contribution in [3.8, 4) is 11.5 Å². The number of phenols is 2. The summed E-state index contributed by atoms with van der Waals surface area (Å²) in [5.74, 6) is -4.93. The topological polar surface area (TPSA) is 337 Å². The SMILES string of the molecule is O=C(O)CNc1ccc(N=Nc2ccc3c(c2)C(=O)c2ccc(N=Nc4ccc(NCC(=O)O)c5c(O)cc(S(=O)(=O)[O-])cc45)cc2C3=O)c2cc(S(=O)(=O)[O-])cc(O)c12.[Na+].[Na+]. The van der Waals surface area contributed by atoms with Crippen molar-refractivity contribution < 1.29 is 125 Å². The molecule has 0 aromatic heterocycles. The number of carbonyl (C=O) groups excluding carboxylic acids is 2. The van der Waals surface area contributed by atoms with E-state index in [0.29, 0.717) is 12.1 Å². The van der Waals surface area contributed by atoms with Crippen molar-refractivity contribution >= 4 is 99.4 Å². The standard InChI is InChI=1S/C38H26N6O14S2.2Na/c45-31-13-19(59(53,54)55)11-25-27(5-7-29(35(25)31)39-15-33(47)48)43-41-17-1-3-21-23(9-17)38(52)22-4-2-18(10-24(22)37(21)51)42-44-28-6-8-30(40-16-34(49)50)36-26(28)12-20(14-32(36)46)60(56,57)58;;/h1-14,39-40,45-46H,15-16H2,(H,47,48)(H,49,50)(H,53,54,55)(H,56,57,58);;/q;2*+1/p-2. The number of benzene rings is 6. The number of anilines is 2. The van der Waals surface area contributed by atoms with Crippen molar-refractivity contribution in [3.05, 3.63) is 107 Å². The molecule has 24 heteroatoms. The van der Waals surface area contributed by atoms with E-state index >= 15 is 0 Å². The first kappa shape index (κ1) is 47.4. The summed E-state index contributed by atoms with van der Waals surface area (Å²) in [7, 11) is -10.1. The Labute approximate surface area is 393 Å². The van der Waals surface area contributed by atoms with Gasteiger partial charge in [0.2, 0.25) is 0 Å². The number of carboxylic acids is 2. The second kappa shape index (κ2) is 18.4. The largest absolute Gasteiger partial charge is 1.00 e. The van der Waals surface area contributed by atoms with Gasteiger partial charge in [-0.25, -0.2) is 16.8 Å². The molecule has 6 aromatic carbocycles. The zero-order valence-electron chi connectivity index (χ0n) is 32.0.